The standard InChI is InChI=1S/C21H22ClF3N2O3S/c22-19-8-3-15(21(23,24)25)11-20(19)31(28,29)26-16-9-10-27(13-16)12-14-1-4-17(5-2-14)30-18-6-7-18/h1-5,8,11,16,18,26H,6-7,9-10,12-13H2. The second kappa shape index (κ2) is 8.61. The highest BCUT2D eigenvalue weighted by Crippen LogP contribution is 2.33. The lowest BCUT2D eigenvalue weighted by Gasteiger charge is -2.18. The highest BCUT2D eigenvalue weighted by molar-refractivity contribution is 7.89. The van der Waals surface area contributed by atoms with Crippen LogP contribution in [-0.4, -0.2) is 38.6 Å². The summed E-state index contributed by atoms with van der Waals surface area (Å²) < 4.78 is 72.5. The third-order valence-electron chi connectivity index (χ3n) is 5.30. The molecule has 1 heterocycles. The molecule has 0 radical (unpaired) electrons. The van der Waals surface area contributed by atoms with Crippen LogP contribution in [-0.2, 0) is 22.7 Å². The van der Waals surface area contributed by atoms with Gasteiger partial charge in [-0.3, -0.25) is 4.90 Å². The third-order valence-corrected chi connectivity index (χ3v) is 7.30. The molecule has 1 atom stereocenters. The Hall–Kier alpha value is -1.81. The van der Waals surface area contributed by atoms with E-state index >= 15 is 0 Å². The molecule has 0 spiro atoms. The summed E-state index contributed by atoms with van der Waals surface area (Å²) >= 11 is 5.89. The van der Waals surface area contributed by atoms with Crippen LogP contribution in [0.15, 0.2) is 47.4 Å². The maximum absolute atomic E-state index is 13.0. The third kappa shape index (κ3) is 5.71. The van der Waals surface area contributed by atoms with Gasteiger partial charge in [-0.15, -0.1) is 0 Å². The van der Waals surface area contributed by atoms with Crippen LogP contribution in [0.1, 0.15) is 30.4 Å². The highest BCUT2D eigenvalue weighted by atomic mass is 35.5. The quantitative estimate of drug-likeness (QED) is 0.644. The smallest absolute Gasteiger partial charge is 0.416 e. The molecule has 1 aliphatic heterocycles. The number of sulfonamides is 1. The van der Waals surface area contributed by atoms with Crippen LogP contribution < -0.4 is 9.46 Å². The van der Waals surface area contributed by atoms with Gasteiger partial charge < -0.3 is 4.74 Å². The lowest BCUT2D eigenvalue weighted by molar-refractivity contribution is -0.137. The highest BCUT2D eigenvalue weighted by Gasteiger charge is 2.34. The Labute approximate surface area is 184 Å². The lowest BCUT2D eigenvalue weighted by atomic mass is 10.2. The van der Waals surface area contributed by atoms with E-state index in [9.17, 15) is 21.6 Å². The first kappa shape index (κ1) is 22.4. The number of nitrogens with zero attached hydrogens (tertiary/aromatic N) is 1. The number of alkyl halides is 3. The molecule has 5 nitrogen and oxygen atoms in total. The summed E-state index contributed by atoms with van der Waals surface area (Å²) in [5.74, 6) is 0.844. The SMILES string of the molecule is O=S(=O)(NC1CCN(Cc2ccc(OC3CC3)cc2)C1)c1cc(C(F)(F)F)ccc1Cl. The van der Waals surface area contributed by atoms with E-state index in [-0.39, 0.29) is 5.02 Å². The van der Waals surface area contributed by atoms with E-state index in [1.54, 1.807) is 0 Å². The molecule has 2 aromatic carbocycles. The lowest BCUT2D eigenvalue weighted by Crippen LogP contribution is -2.37. The second-order valence-electron chi connectivity index (χ2n) is 7.95. The number of halogens is 4. The summed E-state index contributed by atoms with van der Waals surface area (Å²) in [5.41, 5.74) is 0.0204. The number of hydrogen-bond acceptors (Lipinski definition) is 4. The summed E-state index contributed by atoms with van der Waals surface area (Å²) in [6.07, 6.45) is -1.57. The molecule has 0 aromatic heterocycles. The molecule has 2 fully saturated rings. The van der Waals surface area contributed by atoms with Gasteiger partial charge in [0.25, 0.3) is 0 Å². The summed E-state index contributed by atoms with van der Waals surface area (Å²) in [6, 6.07) is 9.71. The minimum atomic E-state index is -4.65. The van der Waals surface area contributed by atoms with E-state index in [4.69, 9.17) is 16.3 Å². The fourth-order valence-corrected chi connectivity index (χ4v) is 5.34. The van der Waals surface area contributed by atoms with Gasteiger partial charge in [-0.1, -0.05) is 23.7 Å². The zero-order chi connectivity index (χ0) is 22.2. The molecule has 1 N–H and O–H groups in total. The van der Waals surface area contributed by atoms with Crippen LogP contribution in [0.25, 0.3) is 0 Å². The molecule has 31 heavy (non-hydrogen) atoms. The molecule has 1 unspecified atom stereocenters. The molecule has 2 aliphatic rings. The van der Waals surface area contributed by atoms with E-state index in [1.807, 2.05) is 24.3 Å². The van der Waals surface area contributed by atoms with Gasteiger partial charge in [-0.25, -0.2) is 13.1 Å². The van der Waals surface area contributed by atoms with Crippen molar-refractivity contribution in [2.45, 2.75) is 49.0 Å². The van der Waals surface area contributed by atoms with Crippen LogP contribution in [0.4, 0.5) is 13.2 Å². The predicted octanol–water partition coefficient (Wildman–Crippen LogP) is 4.45. The van der Waals surface area contributed by atoms with Crippen molar-refractivity contribution >= 4 is 21.6 Å². The number of likely N-dealkylation sites (tertiary alicyclic amines) is 1. The molecule has 2 aromatic rings. The molecule has 0 amide bonds. The molecule has 1 saturated carbocycles. The number of hydrogen-bond donors (Lipinski definition) is 1. The Morgan fingerprint density at radius 2 is 1.81 bits per heavy atom. The second-order valence-corrected chi connectivity index (χ2v) is 10.0. The summed E-state index contributed by atoms with van der Waals surface area (Å²) in [7, 11) is -4.19. The first-order valence-electron chi connectivity index (χ1n) is 9.97. The monoisotopic (exact) mass is 474 g/mol. The Morgan fingerprint density at radius 3 is 2.45 bits per heavy atom. The molecule has 1 saturated heterocycles. The fraction of sp³-hybridized carbons (Fsp3) is 0.429. The summed E-state index contributed by atoms with van der Waals surface area (Å²) in [4.78, 5) is 1.53. The largest absolute Gasteiger partial charge is 0.490 e. The molecular formula is C21H22ClF3N2O3S. The van der Waals surface area contributed by atoms with E-state index in [2.05, 4.69) is 9.62 Å². The van der Waals surface area contributed by atoms with Crippen molar-refractivity contribution in [1.29, 1.82) is 0 Å². The first-order valence-corrected chi connectivity index (χ1v) is 11.8. The Kier molecular flexibility index (Phi) is 6.22. The maximum atomic E-state index is 13.0. The van der Waals surface area contributed by atoms with Gasteiger partial charge in [-0.2, -0.15) is 13.2 Å². The van der Waals surface area contributed by atoms with Gasteiger partial charge in [0.1, 0.15) is 10.6 Å². The van der Waals surface area contributed by atoms with Crippen LogP contribution in [0.5, 0.6) is 5.75 Å². The zero-order valence-corrected chi connectivity index (χ0v) is 18.1. The van der Waals surface area contributed by atoms with E-state index < -0.39 is 32.7 Å². The van der Waals surface area contributed by atoms with Gasteiger partial charge in [-0.05, 0) is 55.2 Å². The first-order chi connectivity index (χ1) is 14.6. The zero-order valence-electron chi connectivity index (χ0n) is 16.5. The van der Waals surface area contributed by atoms with Crippen molar-refractivity contribution in [2.24, 2.45) is 0 Å². The van der Waals surface area contributed by atoms with E-state index in [0.717, 1.165) is 36.3 Å². The average molecular weight is 475 g/mol. The van der Waals surface area contributed by atoms with Crippen molar-refractivity contribution < 1.29 is 26.3 Å². The Morgan fingerprint density at radius 1 is 1.10 bits per heavy atom. The van der Waals surface area contributed by atoms with E-state index in [1.165, 1.54) is 0 Å². The van der Waals surface area contributed by atoms with Gasteiger partial charge in [0.15, 0.2) is 0 Å². The summed E-state index contributed by atoms with van der Waals surface area (Å²) in [6.45, 7) is 1.77. The predicted molar refractivity (Wildman–Crippen MR) is 111 cm³/mol. The Bertz CT molecular complexity index is 1040. The molecule has 0 bridgehead atoms. The van der Waals surface area contributed by atoms with Crippen LogP contribution in [0.2, 0.25) is 5.02 Å². The van der Waals surface area contributed by atoms with Crippen molar-refractivity contribution in [3.63, 3.8) is 0 Å². The number of rotatable bonds is 7. The van der Waals surface area contributed by atoms with Crippen molar-refractivity contribution in [3.8, 4) is 5.75 Å². The molecule has 168 valence electrons. The maximum Gasteiger partial charge on any atom is 0.416 e. The fourth-order valence-electron chi connectivity index (χ4n) is 3.55. The van der Waals surface area contributed by atoms with Crippen molar-refractivity contribution in [3.05, 3.63) is 58.6 Å². The van der Waals surface area contributed by atoms with E-state index in [0.29, 0.717) is 38.2 Å². The molecular weight excluding hydrogens is 453 g/mol. The minimum absolute atomic E-state index is 0.246. The van der Waals surface area contributed by atoms with Gasteiger partial charge >= 0.3 is 6.18 Å². The van der Waals surface area contributed by atoms with Crippen LogP contribution in [0, 0.1) is 0 Å². The van der Waals surface area contributed by atoms with Gasteiger partial charge in [0, 0.05) is 25.7 Å². The normalized spacial score (nSPS) is 20.2. The number of nitrogens with one attached hydrogen (secondary N) is 1. The van der Waals surface area contributed by atoms with Crippen LogP contribution in [0.3, 0.4) is 0 Å². The van der Waals surface area contributed by atoms with Gasteiger partial charge in [0.2, 0.25) is 10.0 Å². The summed E-state index contributed by atoms with van der Waals surface area (Å²) in [5, 5.41) is -0.246. The molecule has 1 aliphatic carbocycles. The minimum Gasteiger partial charge on any atom is -0.490 e. The number of ether oxygens (including phenoxy) is 1. The number of benzene rings is 2. The molecule has 4 rings (SSSR count). The van der Waals surface area contributed by atoms with Crippen molar-refractivity contribution in [1.82, 2.24) is 9.62 Å². The Balaban J connectivity index is 1.37. The van der Waals surface area contributed by atoms with Gasteiger partial charge in [0.05, 0.1) is 16.7 Å². The molecule has 10 heteroatoms. The van der Waals surface area contributed by atoms with Crippen molar-refractivity contribution in [2.75, 3.05) is 13.1 Å². The van der Waals surface area contributed by atoms with Crippen LogP contribution >= 0.6 is 11.6 Å². The topological polar surface area (TPSA) is 58.6 Å². The average Bonchev–Trinajstić information content (AvgIpc) is 3.40.